The highest BCUT2D eigenvalue weighted by molar-refractivity contribution is 5.91. The summed E-state index contributed by atoms with van der Waals surface area (Å²) in [5, 5.41) is 8.54. The Bertz CT molecular complexity index is 497. The van der Waals surface area contributed by atoms with Gasteiger partial charge in [0, 0.05) is 12.1 Å². The third-order valence-corrected chi connectivity index (χ3v) is 3.55. The van der Waals surface area contributed by atoms with Crippen molar-refractivity contribution in [3.8, 4) is 0 Å². The molecule has 19 heavy (non-hydrogen) atoms. The molecule has 0 bridgehead atoms. The minimum absolute atomic E-state index is 0.218. The van der Waals surface area contributed by atoms with Gasteiger partial charge in [-0.05, 0) is 45.0 Å². The first-order valence-corrected chi connectivity index (χ1v) is 6.63. The van der Waals surface area contributed by atoms with Crippen LogP contribution in [0.3, 0.4) is 0 Å². The first-order valence-electron chi connectivity index (χ1n) is 6.63. The van der Waals surface area contributed by atoms with E-state index in [2.05, 4.69) is 30.1 Å². The minimum Gasteiger partial charge on any atom is -0.480 e. The molecule has 1 aromatic carbocycles. The van der Waals surface area contributed by atoms with Gasteiger partial charge in [0.2, 0.25) is 0 Å². The van der Waals surface area contributed by atoms with Crippen molar-refractivity contribution in [3.05, 3.63) is 29.8 Å². The summed E-state index contributed by atoms with van der Waals surface area (Å²) >= 11 is 0. The number of carboxylic acid groups (broad SMARTS) is 1. The van der Waals surface area contributed by atoms with Crippen LogP contribution in [0.15, 0.2) is 29.3 Å². The zero-order chi connectivity index (χ0) is 13.8. The predicted molar refractivity (Wildman–Crippen MR) is 76.2 cm³/mol. The average Bonchev–Trinajstić information content (AvgIpc) is 2.94. The SMILES string of the molecule is CC1=Nc2ccccc2C1.CN1CCC[C@H]1C(=O)O. The maximum absolute atomic E-state index is 10.4. The van der Waals surface area contributed by atoms with E-state index in [-0.39, 0.29) is 6.04 Å². The Balaban J connectivity index is 0.000000141. The van der Waals surface area contributed by atoms with Crippen LogP contribution in [0.5, 0.6) is 0 Å². The first-order chi connectivity index (χ1) is 9.08. The van der Waals surface area contributed by atoms with E-state index in [0.717, 1.165) is 31.5 Å². The second kappa shape index (κ2) is 5.97. The molecule has 0 unspecified atom stereocenters. The van der Waals surface area contributed by atoms with E-state index in [9.17, 15) is 4.79 Å². The van der Waals surface area contributed by atoms with Crippen molar-refractivity contribution in [3.63, 3.8) is 0 Å². The molecule has 102 valence electrons. The van der Waals surface area contributed by atoms with Gasteiger partial charge in [0.05, 0.1) is 5.69 Å². The zero-order valence-electron chi connectivity index (χ0n) is 11.5. The predicted octanol–water partition coefficient (Wildman–Crippen LogP) is 2.50. The van der Waals surface area contributed by atoms with Gasteiger partial charge in [-0.2, -0.15) is 0 Å². The molecule has 3 rings (SSSR count). The van der Waals surface area contributed by atoms with E-state index < -0.39 is 5.97 Å². The molecule has 0 aromatic heterocycles. The Morgan fingerprint density at radius 1 is 1.42 bits per heavy atom. The molecule has 2 heterocycles. The van der Waals surface area contributed by atoms with E-state index >= 15 is 0 Å². The van der Waals surface area contributed by atoms with Crippen LogP contribution in [-0.2, 0) is 11.2 Å². The Labute approximate surface area is 113 Å². The van der Waals surface area contributed by atoms with Gasteiger partial charge in [-0.15, -0.1) is 0 Å². The molecule has 0 aliphatic carbocycles. The van der Waals surface area contributed by atoms with E-state index in [0.29, 0.717) is 0 Å². The molecule has 1 fully saturated rings. The van der Waals surface area contributed by atoms with Gasteiger partial charge in [-0.25, -0.2) is 0 Å². The van der Waals surface area contributed by atoms with Crippen molar-refractivity contribution >= 4 is 17.4 Å². The fourth-order valence-electron chi connectivity index (χ4n) is 2.51. The molecule has 1 N–H and O–H groups in total. The lowest BCUT2D eigenvalue weighted by Crippen LogP contribution is -2.32. The monoisotopic (exact) mass is 260 g/mol. The van der Waals surface area contributed by atoms with Crippen LogP contribution in [0.4, 0.5) is 5.69 Å². The summed E-state index contributed by atoms with van der Waals surface area (Å²) in [6.07, 6.45) is 2.87. The van der Waals surface area contributed by atoms with Crippen molar-refractivity contribution < 1.29 is 9.90 Å². The molecule has 4 heteroatoms. The first kappa shape index (κ1) is 13.7. The molecule has 1 aromatic rings. The highest BCUT2D eigenvalue weighted by Gasteiger charge is 2.26. The Hall–Kier alpha value is -1.68. The molecule has 1 saturated heterocycles. The van der Waals surface area contributed by atoms with Gasteiger partial charge in [0.15, 0.2) is 0 Å². The minimum atomic E-state index is -0.685. The highest BCUT2D eigenvalue weighted by Crippen LogP contribution is 2.25. The normalized spacial score (nSPS) is 21.4. The van der Waals surface area contributed by atoms with E-state index in [1.54, 1.807) is 0 Å². The van der Waals surface area contributed by atoms with Crippen LogP contribution in [0.1, 0.15) is 25.3 Å². The number of para-hydroxylation sites is 1. The highest BCUT2D eigenvalue weighted by atomic mass is 16.4. The van der Waals surface area contributed by atoms with Gasteiger partial charge < -0.3 is 5.11 Å². The van der Waals surface area contributed by atoms with Crippen molar-refractivity contribution in [2.75, 3.05) is 13.6 Å². The number of carboxylic acids is 1. The smallest absolute Gasteiger partial charge is 0.320 e. The van der Waals surface area contributed by atoms with Crippen LogP contribution in [0, 0.1) is 0 Å². The summed E-state index contributed by atoms with van der Waals surface area (Å²) < 4.78 is 0. The van der Waals surface area contributed by atoms with Crippen LogP contribution >= 0.6 is 0 Å². The zero-order valence-corrected chi connectivity index (χ0v) is 11.5. The number of hydrogen-bond donors (Lipinski definition) is 1. The molecule has 0 radical (unpaired) electrons. The lowest BCUT2D eigenvalue weighted by Gasteiger charge is -2.13. The molecular formula is C15H20N2O2. The number of likely N-dealkylation sites (N-methyl/N-ethyl adjacent to an activating group) is 1. The number of fused-ring (bicyclic) bond motifs is 1. The summed E-state index contributed by atoms with van der Waals surface area (Å²) in [7, 11) is 1.85. The maximum Gasteiger partial charge on any atom is 0.320 e. The number of aliphatic carboxylic acids is 1. The van der Waals surface area contributed by atoms with Crippen molar-refractivity contribution in [1.29, 1.82) is 0 Å². The maximum atomic E-state index is 10.4. The Morgan fingerprint density at radius 2 is 2.16 bits per heavy atom. The van der Waals surface area contributed by atoms with E-state index in [4.69, 9.17) is 5.11 Å². The lowest BCUT2D eigenvalue weighted by atomic mass is 10.1. The third kappa shape index (κ3) is 3.41. The summed E-state index contributed by atoms with van der Waals surface area (Å²) in [6.45, 7) is 3.00. The third-order valence-electron chi connectivity index (χ3n) is 3.55. The van der Waals surface area contributed by atoms with Gasteiger partial charge >= 0.3 is 5.97 Å². The lowest BCUT2D eigenvalue weighted by molar-refractivity contribution is -0.141. The second-order valence-electron chi connectivity index (χ2n) is 5.13. The number of carbonyl (C=O) groups is 1. The molecule has 2 aliphatic heterocycles. The van der Waals surface area contributed by atoms with Crippen LogP contribution < -0.4 is 0 Å². The Kier molecular flexibility index (Phi) is 4.32. The van der Waals surface area contributed by atoms with Crippen LogP contribution in [0.2, 0.25) is 0 Å². The van der Waals surface area contributed by atoms with Gasteiger partial charge in [0.25, 0.3) is 0 Å². The summed E-state index contributed by atoms with van der Waals surface area (Å²) in [6, 6.07) is 8.07. The second-order valence-corrected chi connectivity index (χ2v) is 5.13. The molecule has 0 spiro atoms. The van der Waals surface area contributed by atoms with Crippen LogP contribution in [-0.4, -0.2) is 41.3 Å². The van der Waals surface area contributed by atoms with Crippen molar-refractivity contribution in [1.82, 2.24) is 4.90 Å². The van der Waals surface area contributed by atoms with Crippen molar-refractivity contribution in [2.45, 2.75) is 32.2 Å². The quantitative estimate of drug-likeness (QED) is 0.844. The largest absolute Gasteiger partial charge is 0.480 e. The van der Waals surface area contributed by atoms with Gasteiger partial charge in [-0.3, -0.25) is 14.7 Å². The number of hydrogen-bond acceptors (Lipinski definition) is 3. The average molecular weight is 260 g/mol. The number of aliphatic imine (C=N–C) groups is 1. The molecule has 0 amide bonds. The number of likely N-dealkylation sites (tertiary alicyclic amines) is 1. The standard InChI is InChI=1S/C9H9N.C6H11NO2/c1-7-6-8-4-2-3-5-9(8)10-7;1-7-4-2-3-5(7)6(8)9/h2-5H,6H2,1H3;5H,2-4H2,1H3,(H,8,9)/t;5-/m.0/s1. The van der Waals surface area contributed by atoms with Crippen molar-refractivity contribution in [2.24, 2.45) is 4.99 Å². The fourth-order valence-corrected chi connectivity index (χ4v) is 2.51. The van der Waals surface area contributed by atoms with Crippen LogP contribution in [0.25, 0.3) is 0 Å². The van der Waals surface area contributed by atoms with E-state index in [1.807, 2.05) is 18.0 Å². The topological polar surface area (TPSA) is 52.9 Å². The summed E-state index contributed by atoms with van der Waals surface area (Å²) in [5.74, 6) is -0.685. The molecule has 2 aliphatic rings. The summed E-state index contributed by atoms with van der Waals surface area (Å²) in [4.78, 5) is 16.6. The molecule has 4 nitrogen and oxygen atoms in total. The van der Waals surface area contributed by atoms with Gasteiger partial charge in [-0.1, -0.05) is 18.2 Å². The number of nitrogens with zero attached hydrogens (tertiary/aromatic N) is 2. The number of rotatable bonds is 1. The van der Waals surface area contributed by atoms with E-state index in [1.165, 1.54) is 11.3 Å². The fraction of sp³-hybridized carbons (Fsp3) is 0.467. The molecular weight excluding hydrogens is 240 g/mol. The number of benzene rings is 1. The molecule has 1 atom stereocenters. The Morgan fingerprint density at radius 3 is 2.68 bits per heavy atom. The molecule has 0 saturated carbocycles. The van der Waals surface area contributed by atoms with Gasteiger partial charge in [0.1, 0.15) is 6.04 Å². The summed E-state index contributed by atoms with van der Waals surface area (Å²) in [5.41, 5.74) is 3.74.